The average molecular weight is 361 g/mol. The predicted octanol–water partition coefficient (Wildman–Crippen LogP) is 5.57. The van der Waals surface area contributed by atoms with E-state index in [1.807, 2.05) is 90.7 Å². The van der Waals surface area contributed by atoms with Crippen LogP contribution in [0.4, 0.5) is 5.69 Å². The first-order valence-corrected chi connectivity index (χ1v) is 9.59. The zero-order chi connectivity index (χ0) is 17.9. The Morgan fingerprint density at radius 2 is 1.54 bits per heavy atom. The maximum absolute atomic E-state index is 12.4. The smallest absolute Gasteiger partial charge is 0.238 e. The lowest BCUT2D eigenvalue weighted by atomic mass is 10.1. The van der Waals surface area contributed by atoms with Crippen molar-refractivity contribution in [1.29, 1.82) is 0 Å². The number of carbonyl (C=O) groups excluding carboxylic acids is 1. The molecule has 1 amide bonds. The van der Waals surface area contributed by atoms with Gasteiger partial charge in [-0.25, -0.2) is 0 Å². The molecule has 1 aliphatic rings. The van der Waals surface area contributed by atoms with E-state index in [0.717, 1.165) is 22.7 Å². The quantitative estimate of drug-likeness (QED) is 0.609. The monoisotopic (exact) mass is 361 g/mol. The summed E-state index contributed by atoms with van der Waals surface area (Å²) in [6, 6.07) is 25.8. The van der Waals surface area contributed by atoms with Gasteiger partial charge in [0.2, 0.25) is 5.91 Å². The van der Waals surface area contributed by atoms with Crippen LogP contribution in [0.25, 0.3) is 0 Å². The number of carbonyl (C=O) groups is 1. The minimum Gasteiger partial charge on any atom is -0.457 e. The molecule has 0 spiro atoms. The van der Waals surface area contributed by atoms with Crippen LogP contribution in [-0.2, 0) is 4.79 Å². The van der Waals surface area contributed by atoms with Crippen LogP contribution in [0.2, 0.25) is 0 Å². The zero-order valence-electron chi connectivity index (χ0n) is 14.5. The van der Waals surface area contributed by atoms with Gasteiger partial charge in [-0.05, 0) is 48.9 Å². The van der Waals surface area contributed by atoms with Crippen LogP contribution in [0.5, 0.6) is 11.5 Å². The normalized spacial score (nSPS) is 16.7. The minimum absolute atomic E-state index is 0.00372. The van der Waals surface area contributed by atoms with E-state index in [-0.39, 0.29) is 11.3 Å². The number of aryl methyl sites for hydroxylation is 1. The summed E-state index contributed by atoms with van der Waals surface area (Å²) < 4.78 is 5.85. The number of hydrogen-bond acceptors (Lipinski definition) is 3. The molecule has 1 fully saturated rings. The van der Waals surface area contributed by atoms with E-state index in [1.165, 1.54) is 5.56 Å². The Kier molecular flexibility index (Phi) is 4.67. The fourth-order valence-electron chi connectivity index (χ4n) is 2.98. The van der Waals surface area contributed by atoms with E-state index >= 15 is 0 Å². The fourth-order valence-corrected chi connectivity index (χ4v) is 4.16. The highest BCUT2D eigenvalue weighted by molar-refractivity contribution is 8.00. The number of thioether (sulfide) groups is 1. The molecule has 0 saturated carbocycles. The summed E-state index contributed by atoms with van der Waals surface area (Å²) >= 11 is 1.66. The molecule has 4 heteroatoms. The van der Waals surface area contributed by atoms with Crippen molar-refractivity contribution >= 4 is 23.4 Å². The van der Waals surface area contributed by atoms with Crippen LogP contribution in [0, 0.1) is 6.92 Å². The van der Waals surface area contributed by atoms with Crippen molar-refractivity contribution in [2.24, 2.45) is 0 Å². The van der Waals surface area contributed by atoms with Crippen molar-refractivity contribution in [2.45, 2.75) is 12.3 Å². The van der Waals surface area contributed by atoms with Crippen molar-refractivity contribution in [2.75, 3.05) is 10.7 Å². The molecule has 1 atom stereocenters. The third kappa shape index (κ3) is 3.46. The number of amides is 1. The van der Waals surface area contributed by atoms with E-state index < -0.39 is 0 Å². The summed E-state index contributed by atoms with van der Waals surface area (Å²) in [6.07, 6.45) is 0. The van der Waals surface area contributed by atoms with E-state index in [2.05, 4.69) is 0 Å². The third-order valence-electron chi connectivity index (χ3n) is 4.32. The van der Waals surface area contributed by atoms with Crippen LogP contribution < -0.4 is 9.64 Å². The molecule has 4 rings (SSSR count). The van der Waals surface area contributed by atoms with Gasteiger partial charge in [0.25, 0.3) is 0 Å². The molecule has 0 aromatic heterocycles. The number of anilines is 1. The van der Waals surface area contributed by atoms with Gasteiger partial charge < -0.3 is 4.74 Å². The van der Waals surface area contributed by atoms with Crippen molar-refractivity contribution in [3.63, 3.8) is 0 Å². The number of rotatable bonds is 4. The van der Waals surface area contributed by atoms with Crippen molar-refractivity contribution in [3.05, 3.63) is 90.0 Å². The first-order valence-electron chi connectivity index (χ1n) is 8.54. The zero-order valence-corrected chi connectivity index (χ0v) is 15.3. The highest BCUT2D eigenvalue weighted by atomic mass is 32.2. The second-order valence-corrected chi connectivity index (χ2v) is 7.32. The molecule has 3 nitrogen and oxygen atoms in total. The molecule has 1 heterocycles. The van der Waals surface area contributed by atoms with Gasteiger partial charge in [0.05, 0.1) is 5.75 Å². The largest absolute Gasteiger partial charge is 0.457 e. The minimum atomic E-state index is -0.00372. The third-order valence-corrected chi connectivity index (χ3v) is 5.54. The van der Waals surface area contributed by atoms with Gasteiger partial charge in [0.15, 0.2) is 0 Å². The van der Waals surface area contributed by atoms with Gasteiger partial charge in [-0.15, -0.1) is 11.8 Å². The first kappa shape index (κ1) is 16.7. The van der Waals surface area contributed by atoms with Crippen LogP contribution in [-0.4, -0.2) is 11.7 Å². The molecule has 26 heavy (non-hydrogen) atoms. The fraction of sp³-hybridized carbons (Fsp3) is 0.136. The molecule has 1 saturated heterocycles. The number of benzene rings is 3. The Bertz CT molecular complexity index is 892. The highest BCUT2D eigenvalue weighted by Crippen LogP contribution is 2.42. The number of para-hydroxylation sites is 1. The van der Waals surface area contributed by atoms with Crippen LogP contribution in [0.1, 0.15) is 16.5 Å². The molecule has 0 unspecified atom stereocenters. The molecular formula is C22H19NO2S. The molecule has 0 aliphatic carbocycles. The molecule has 3 aromatic rings. The van der Waals surface area contributed by atoms with E-state index in [4.69, 9.17) is 4.74 Å². The molecule has 1 aliphatic heterocycles. The van der Waals surface area contributed by atoms with E-state index in [9.17, 15) is 4.79 Å². The topological polar surface area (TPSA) is 29.5 Å². The van der Waals surface area contributed by atoms with Crippen molar-refractivity contribution in [3.8, 4) is 11.5 Å². The van der Waals surface area contributed by atoms with Gasteiger partial charge >= 0.3 is 0 Å². The molecule has 3 aromatic carbocycles. The van der Waals surface area contributed by atoms with Gasteiger partial charge in [-0.2, -0.15) is 0 Å². The Labute approximate surface area is 157 Å². The predicted molar refractivity (Wildman–Crippen MR) is 107 cm³/mol. The van der Waals surface area contributed by atoms with Crippen LogP contribution in [0.15, 0.2) is 78.9 Å². The van der Waals surface area contributed by atoms with Crippen molar-refractivity contribution < 1.29 is 9.53 Å². The van der Waals surface area contributed by atoms with E-state index in [0.29, 0.717) is 5.75 Å². The Hall–Kier alpha value is -2.72. The first-order chi connectivity index (χ1) is 12.7. The maximum atomic E-state index is 12.4. The number of hydrogen-bond donors (Lipinski definition) is 0. The molecule has 0 bridgehead atoms. The average Bonchev–Trinajstić information content (AvgIpc) is 3.05. The summed E-state index contributed by atoms with van der Waals surface area (Å²) in [5, 5.41) is -0.00372. The maximum Gasteiger partial charge on any atom is 0.238 e. The molecular weight excluding hydrogens is 342 g/mol. The summed E-state index contributed by atoms with van der Waals surface area (Å²) in [5.41, 5.74) is 3.23. The Morgan fingerprint density at radius 1 is 0.885 bits per heavy atom. The molecule has 0 radical (unpaired) electrons. The highest BCUT2D eigenvalue weighted by Gasteiger charge is 2.33. The summed E-state index contributed by atoms with van der Waals surface area (Å²) in [7, 11) is 0. The molecule has 0 N–H and O–H groups in total. The van der Waals surface area contributed by atoms with Crippen LogP contribution in [0.3, 0.4) is 0 Å². The second-order valence-electron chi connectivity index (χ2n) is 6.25. The number of ether oxygens (including phenoxy) is 1. The van der Waals surface area contributed by atoms with Gasteiger partial charge in [-0.1, -0.05) is 48.0 Å². The summed E-state index contributed by atoms with van der Waals surface area (Å²) in [5.74, 6) is 2.25. The van der Waals surface area contributed by atoms with E-state index in [1.54, 1.807) is 11.8 Å². The standard InChI is InChI=1S/C22H19NO2S/c1-16-7-11-18(12-8-16)23-21(24)15-26-22(23)17-9-13-20(14-10-17)25-19-5-3-2-4-6-19/h2-14,22H,15H2,1H3/t22-/m1/s1. The lowest BCUT2D eigenvalue weighted by molar-refractivity contribution is -0.115. The SMILES string of the molecule is Cc1ccc(N2C(=O)CS[C@@H]2c2ccc(Oc3ccccc3)cc2)cc1. The number of nitrogens with zero attached hydrogens (tertiary/aromatic N) is 1. The Morgan fingerprint density at radius 3 is 2.23 bits per heavy atom. The lowest BCUT2D eigenvalue weighted by Crippen LogP contribution is -2.27. The van der Waals surface area contributed by atoms with Gasteiger partial charge in [-0.3, -0.25) is 9.69 Å². The van der Waals surface area contributed by atoms with Gasteiger partial charge in [0.1, 0.15) is 16.9 Å². The Balaban J connectivity index is 1.56. The van der Waals surface area contributed by atoms with Crippen LogP contribution >= 0.6 is 11.8 Å². The van der Waals surface area contributed by atoms with Crippen molar-refractivity contribution in [1.82, 2.24) is 0 Å². The lowest BCUT2D eigenvalue weighted by Gasteiger charge is -2.24. The molecule has 130 valence electrons. The van der Waals surface area contributed by atoms with Gasteiger partial charge in [0, 0.05) is 5.69 Å². The second kappa shape index (κ2) is 7.26. The summed E-state index contributed by atoms with van der Waals surface area (Å²) in [6.45, 7) is 2.05. The summed E-state index contributed by atoms with van der Waals surface area (Å²) in [4.78, 5) is 14.3.